The molecule has 0 aliphatic carbocycles. The van der Waals surface area contributed by atoms with Crippen LogP contribution >= 0.6 is 0 Å². The summed E-state index contributed by atoms with van der Waals surface area (Å²) in [5.74, 6) is 0.924. The van der Waals surface area contributed by atoms with E-state index in [1.54, 1.807) is 7.11 Å². The van der Waals surface area contributed by atoms with Crippen molar-refractivity contribution in [2.24, 2.45) is 5.73 Å². The molecule has 0 aromatic heterocycles. The van der Waals surface area contributed by atoms with E-state index in [4.69, 9.17) is 10.5 Å². The van der Waals surface area contributed by atoms with Crippen molar-refractivity contribution in [1.82, 2.24) is 4.90 Å². The molecule has 3 nitrogen and oxygen atoms in total. The maximum atomic E-state index is 5.76. The van der Waals surface area contributed by atoms with Crippen molar-refractivity contribution in [2.45, 2.75) is 44.7 Å². The lowest BCUT2D eigenvalue weighted by Crippen LogP contribution is -2.42. The highest BCUT2D eigenvalue weighted by Gasteiger charge is 2.26. The van der Waals surface area contributed by atoms with Gasteiger partial charge in [0.1, 0.15) is 5.75 Å². The summed E-state index contributed by atoms with van der Waals surface area (Å²) in [6.07, 6.45) is 5.05. The predicted molar refractivity (Wildman–Crippen MR) is 79.4 cm³/mol. The predicted octanol–water partition coefficient (Wildman–Crippen LogP) is 2.96. The van der Waals surface area contributed by atoms with Gasteiger partial charge >= 0.3 is 0 Å². The fraction of sp³-hybridized carbons (Fsp3) is 0.625. The average molecular weight is 262 g/mol. The minimum atomic E-state index is 0.461. The Bertz CT molecular complexity index is 375. The Morgan fingerprint density at radius 2 is 2.05 bits per heavy atom. The highest BCUT2D eigenvalue weighted by Crippen LogP contribution is 2.30. The first-order valence-electron chi connectivity index (χ1n) is 7.36. The molecule has 0 spiro atoms. The van der Waals surface area contributed by atoms with Crippen LogP contribution in [0.15, 0.2) is 24.3 Å². The van der Waals surface area contributed by atoms with Gasteiger partial charge in [-0.1, -0.05) is 18.6 Å². The molecule has 2 unspecified atom stereocenters. The van der Waals surface area contributed by atoms with Crippen molar-refractivity contribution in [3.8, 4) is 5.75 Å². The fourth-order valence-electron chi connectivity index (χ4n) is 3.11. The van der Waals surface area contributed by atoms with Gasteiger partial charge in [0.2, 0.25) is 0 Å². The molecule has 1 aliphatic heterocycles. The number of ether oxygens (including phenoxy) is 1. The summed E-state index contributed by atoms with van der Waals surface area (Å²) in [5, 5.41) is 0. The Labute approximate surface area is 116 Å². The van der Waals surface area contributed by atoms with Crippen molar-refractivity contribution in [3.63, 3.8) is 0 Å². The zero-order valence-corrected chi connectivity index (χ0v) is 12.1. The number of nitrogens with two attached hydrogens (primary N) is 1. The Morgan fingerprint density at radius 3 is 2.68 bits per heavy atom. The van der Waals surface area contributed by atoms with E-state index in [0.29, 0.717) is 12.1 Å². The molecule has 2 N–H and O–H groups in total. The molecule has 0 amide bonds. The van der Waals surface area contributed by atoms with Crippen LogP contribution in [0.3, 0.4) is 0 Å². The maximum absolute atomic E-state index is 5.76. The maximum Gasteiger partial charge on any atom is 0.118 e. The third-order valence-electron chi connectivity index (χ3n) is 4.27. The van der Waals surface area contributed by atoms with Gasteiger partial charge in [0.05, 0.1) is 7.11 Å². The van der Waals surface area contributed by atoms with Crippen molar-refractivity contribution in [3.05, 3.63) is 29.8 Å². The van der Waals surface area contributed by atoms with Crippen molar-refractivity contribution >= 4 is 0 Å². The first-order chi connectivity index (χ1) is 9.26. The molecule has 0 bridgehead atoms. The first kappa shape index (κ1) is 14.4. The summed E-state index contributed by atoms with van der Waals surface area (Å²) in [7, 11) is 1.71. The molecule has 1 fully saturated rings. The monoisotopic (exact) mass is 262 g/mol. The highest BCUT2D eigenvalue weighted by molar-refractivity contribution is 5.29. The smallest absolute Gasteiger partial charge is 0.118 e. The fourth-order valence-corrected chi connectivity index (χ4v) is 3.11. The number of rotatable bonds is 5. The highest BCUT2D eigenvalue weighted by atomic mass is 16.5. The number of methoxy groups -OCH3 is 1. The number of piperidine rings is 1. The molecule has 3 heteroatoms. The Hall–Kier alpha value is -1.06. The van der Waals surface area contributed by atoms with E-state index in [1.807, 2.05) is 12.1 Å². The lowest BCUT2D eigenvalue weighted by atomic mass is 9.95. The van der Waals surface area contributed by atoms with Gasteiger partial charge < -0.3 is 10.5 Å². The van der Waals surface area contributed by atoms with E-state index in [-0.39, 0.29) is 0 Å². The number of nitrogens with zero attached hydrogens (tertiary/aromatic N) is 1. The lowest BCUT2D eigenvalue weighted by molar-refractivity contribution is 0.0984. The summed E-state index contributed by atoms with van der Waals surface area (Å²) < 4.78 is 5.22. The first-order valence-corrected chi connectivity index (χ1v) is 7.36. The third-order valence-corrected chi connectivity index (χ3v) is 4.27. The van der Waals surface area contributed by atoms with Crippen LogP contribution in [0, 0.1) is 0 Å². The molecule has 2 atom stereocenters. The zero-order chi connectivity index (χ0) is 13.7. The summed E-state index contributed by atoms with van der Waals surface area (Å²) in [6.45, 7) is 4.28. The van der Waals surface area contributed by atoms with E-state index in [0.717, 1.165) is 18.7 Å². The second kappa shape index (κ2) is 6.92. The molecule has 1 aliphatic rings. The molecule has 1 heterocycles. The van der Waals surface area contributed by atoms with Gasteiger partial charge in [0.25, 0.3) is 0 Å². The SMILES string of the molecule is COc1ccc(C(C)N2CCCCC2CCN)cc1. The van der Waals surface area contributed by atoms with Gasteiger partial charge in [0.15, 0.2) is 0 Å². The van der Waals surface area contributed by atoms with Crippen molar-refractivity contribution in [1.29, 1.82) is 0 Å². The number of likely N-dealkylation sites (tertiary alicyclic amines) is 1. The zero-order valence-electron chi connectivity index (χ0n) is 12.1. The molecule has 1 saturated heterocycles. The Balaban J connectivity index is 2.08. The normalized spacial score (nSPS) is 22.2. The summed E-state index contributed by atoms with van der Waals surface area (Å²) in [4.78, 5) is 2.62. The van der Waals surface area contributed by atoms with Crippen molar-refractivity contribution < 1.29 is 4.74 Å². The summed E-state index contributed by atoms with van der Waals surface area (Å²) in [6, 6.07) is 9.56. The van der Waals surface area contributed by atoms with Crippen LogP contribution in [0.2, 0.25) is 0 Å². The van der Waals surface area contributed by atoms with Gasteiger partial charge in [-0.2, -0.15) is 0 Å². The van der Waals surface area contributed by atoms with Gasteiger partial charge in [0, 0.05) is 12.1 Å². The van der Waals surface area contributed by atoms with E-state index in [9.17, 15) is 0 Å². The van der Waals surface area contributed by atoms with Crippen LogP contribution in [0.25, 0.3) is 0 Å². The van der Waals surface area contributed by atoms with Crippen LogP contribution in [0.1, 0.15) is 44.2 Å². The van der Waals surface area contributed by atoms with Crippen LogP contribution in [0.5, 0.6) is 5.75 Å². The molecule has 106 valence electrons. The second-order valence-electron chi connectivity index (χ2n) is 5.41. The van der Waals surface area contributed by atoms with Crippen LogP contribution in [0.4, 0.5) is 0 Å². The molecule has 1 aromatic rings. The quantitative estimate of drug-likeness (QED) is 0.886. The topological polar surface area (TPSA) is 38.5 Å². The number of hydrogen-bond donors (Lipinski definition) is 1. The molecular formula is C16H26N2O. The minimum Gasteiger partial charge on any atom is -0.497 e. The lowest BCUT2D eigenvalue weighted by Gasteiger charge is -2.40. The Kier molecular flexibility index (Phi) is 5.23. The summed E-state index contributed by atoms with van der Waals surface area (Å²) in [5.41, 5.74) is 7.12. The Morgan fingerprint density at radius 1 is 1.32 bits per heavy atom. The second-order valence-corrected chi connectivity index (χ2v) is 5.41. The largest absolute Gasteiger partial charge is 0.497 e. The van der Waals surface area contributed by atoms with Gasteiger partial charge in [-0.15, -0.1) is 0 Å². The van der Waals surface area contributed by atoms with E-state index >= 15 is 0 Å². The van der Waals surface area contributed by atoms with Crippen LogP contribution in [-0.4, -0.2) is 31.1 Å². The van der Waals surface area contributed by atoms with Crippen molar-refractivity contribution in [2.75, 3.05) is 20.2 Å². The molecule has 0 saturated carbocycles. The third kappa shape index (κ3) is 3.48. The minimum absolute atomic E-state index is 0.461. The molecule has 19 heavy (non-hydrogen) atoms. The standard InChI is InChI=1S/C16H26N2O/c1-13(14-6-8-16(19-2)9-7-14)18-12-4-3-5-15(18)10-11-17/h6-9,13,15H,3-5,10-12,17H2,1-2H3. The molecule has 0 radical (unpaired) electrons. The molecule has 2 rings (SSSR count). The van der Waals surface area contributed by atoms with E-state index in [2.05, 4.69) is 24.0 Å². The van der Waals surface area contributed by atoms with Crippen LogP contribution < -0.4 is 10.5 Å². The number of benzene rings is 1. The average Bonchev–Trinajstić information content (AvgIpc) is 2.47. The van der Waals surface area contributed by atoms with Gasteiger partial charge in [-0.3, -0.25) is 4.90 Å². The van der Waals surface area contributed by atoms with E-state index < -0.39 is 0 Å². The van der Waals surface area contributed by atoms with Gasteiger partial charge in [-0.25, -0.2) is 0 Å². The van der Waals surface area contributed by atoms with Crippen LogP contribution in [-0.2, 0) is 0 Å². The molecule has 1 aromatic carbocycles. The van der Waals surface area contributed by atoms with E-state index in [1.165, 1.54) is 31.4 Å². The molecular weight excluding hydrogens is 236 g/mol. The summed E-state index contributed by atoms with van der Waals surface area (Å²) >= 11 is 0. The number of hydrogen-bond acceptors (Lipinski definition) is 3. The van der Waals surface area contributed by atoms with Gasteiger partial charge in [-0.05, 0) is 57.0 Å².